The highest BCUT2D eigenvalue weighted by molar-refractivity contribution is 5.31. The molecule has 1 aliphatic rings. The minimum absolute atomic E-state index is 0.221. The van der Waals surface area contributed by atoms with E-state index in [1.807, 2.05) is 6.92 Å². The summed E-state index contributed by atoms with van der Waals surface area (Å²) in [6.07, 6.45) is 2.67. The van der Waals surface area contributed by atoms with Gasteiger partial charge in [-0.2, -0.15) is 0 Å². The molecule has 2 unspecified atom stereocenters. The molecule has 1 aliphatic carbocycles. The standard InChI is InChI=1S/C17H27NO/c1-5-19-15-9-6-13(7-10-15)16-11-8-14(16)12-18-17(2,3)4/h6-7,9-10,14,16,18H,5,8,11-12H2,1-4H3. The zero-order valence-electron chi connectivity index (χ0n) is 12.7. The summed E-state index contributed by atoms with van der Waals surface area (Å²) in [5.41, 5.74) is 1.69. The minimum Gasteiger partial charge on any atom is -0.494 e. The van der Waals surface area contributed by atoms with Gasteiger partial charge < -0.3 is 10.1 Å². The van der Waals surface area contributed by atoms with E-state index < -0.39 is 0 Å². The summed E-state index contributed by atoms with van der Waals surface area (Å²) in [6.45, 7) is 10.6. The largest absolute Gasteiger partial charge is 0.494 e. The first kappa shape index (κ1) is 14.4. The monoisotopic (exact) mass is 261 g/mol. The second-order valence-electron chi connectivity index (χ2n) is 6.58. The van der Waals surface area contributed by atoms with Crippen LogP contribution < -0.4 is 10.1 Å². The lowest BCUT2D eigenvalue weighted by Gasteiger charge is -2.39. The fraction of sp³-hybridized carbons (Fsp3) is 0.647. The van der Waals surface area contributed by atoms with E-state index in [-0.39, 0.29) is 5.54 Å². The molecule has 0 radical (unpaired) electrons. The Morgan fingerprint density at radius 3 is 2.32 bits per heavy atom. The second-order valence-corrected chi connectivity index (χ2v) is 6.58. The Balaban J connectivity index is 1.91. The molecule has 0 bridgehead atoms. The molecule has 0 aromatic heterocycles. The van der Waals surface area contributed by atoms with Gasteiger partial charge in [-0.15, -0.1) is 0 Å². The first-order valence-corrected chi connectivity index (χ1v) is 7.47. The molecule has 19 heavy (non-hydrogen) atoms. The van der Waals surface area contributed by atoms with Crippen LogP contribution in [0.2, 0.25) is 0 Å². The molecule has 0 amide bonds. The van der Waals surface area contributed by atoms with Gasteiger partial charge in [0.05, 0.1) is 6.61 Å². The molecule has 2 nitrogen and oxygen atoms in total. The Labute approximate surface area is 117 Å². The summed E-state index contributed by atoms with van der Waals surface area (Å²) >= 11 is 0. The topological polar surface area (TPSA) is 21.3 Å². The Hall–Kier alpha value is -1.02. The number of ether oxygens (including phenoxy) is 1. The third-order valence-electron chi connectivity index (χ3n) is 3.93. The van der Waals surface area contributed by atoms with E-state index in [1.165, 1.54) is 18.4 Å². The summed E-state index contributed by atoms with van der Waals surface area (Å²) in [7, 11) is 0. The summed E-state index contributed by atoms with van der Waals surface area (Å²) < 4.78 is 5.50. The van der Waals surface area contributed by atoms with Crippen LogP contribution in [0.1, 0.15) is 52.0 Å². The van der Waals surface area contributed by atoms with E-state index in [0.29, 0.717) is 0 Å². The quantitative estimate of drug-likeness (QED) is 0.866. The maximum absolute atomic E-state index is 5.50. The number of nitrogens with one attached hydrogen (secondary N) is 1. The van der Waals surface area contributed by atoms with Crippen molar-refractivity contribution in [2.24, 2.45) is 5.92 Å². The smallest absolute Gasteiger partial charge is 0.119 e. The van der Waals surface area contributed by atoms with Gasteiger partial charge in [0.1, 0.15) is 5.75 Å². The predicted molar refractivity (Wildman–Crippen MR) is 80.8 cm³/mol. The highest BCUT2D eigenvalue weighted by Crippen LogP contribution is 2.42. The van der Waals surface area contributed by atoms with E-state index in [2.05, 4.69) is 50.4 Å². The van der Waals surface area contributed by atoms with Crippen molar-refractivity contribution in [1.82, 2.24) is 5.32 Å². The van der Waals surface area contributed by atoms with Crippen LogP contribution in [0.25, 0.3) is 0 Å². The molecule has 106 valence electrons. The van der Waals surface area contributed by atoms with Crippen LogP contribution in [0.4, 0.5) is 0 Å². The maximum atomic E-state index is 5.50. The third kappa shape index (κ3) is 3.97. The van der Waals surface area contributed by atoms with E-state index in [9.17, 15) is 0 Å². The van der Waals surface area contributed by atoms with Crippen LogP contribution in [-0.2, 0) is 0 Å². The third-order valence-corrected chi connectivity index (χ3v) is 3.93. The van der Waals surface area contributed by atoms with Crippen LogP contribution in [0.15, 0.2) is 24.3 Å². The molecule has 1 aromatic carbocycles. The zero-order chi connectivity index (χ0) is 13.9. The van der Waals surface area contributed by atoms with Crippen molar-refractivity contribution in [2.75, 3.05) is 13.2 Å². The molecular weight excluding hydrogens is 234 g/mol. The minimum atomic E-state index is 0.221. The molecule has 0 heterocycles. The molecule has 1 saturated carbocycles. The van der Waals surface area contributed by atoms with Gasteiger partial charge in [0.2, 0.25) is 0 Å². The van der Waals surface area contributed by atoms with Crippen molar-refractivity contribution < 1.29 is 4.74 Å². The Morgan fingerprint density at radius 1 is 1.16 bits per heavy atom. The van der Waals surface area contributed by atoms with E-state index >= 15 is 0 Å². The fourth-order valence-electron chi connectivity index (χ4n) is 2.67. The summed E-state index contributed by atoms with van der Waals surface area (Å²) in [6, 6.07) is 8.68. The highest BCUT2D eigenvalue weighted by Gasteiger charge is 2.32. The fourth-order valence-corrected chi connectivity index (χ4v) is 2.67. The van der Waals surface area contributed by atoms with Crippen LogP contribution in [0, 0.1) is 5.92 Å². The van der Waals surface area contributed by atoms with Crippen molar-refractivity contribution >= 4 is 0 Å². The van der Waals surface area contributed by atoms with Crippen molar-refractivity contribution in [1.29, 1.82) is 0 Å². The van der Waals surface area contributed by atoms with E-state index in [4.69, 9.17) is 4.74 Å². The molecule has 2 heteroatoms. The summed E-state index contributed by atoms with van der Waals surface area (Å²) in [4.78, 5) is 0. The number of benzene rings is 1. The molecule has 0 saturated heterocycles. The second kappa shape index (κ2) is 5.96. The first-order chi connectivity index (χ1) is 8.99. The van der Waals surface area contributed by atoms with Gasteiger partial charge in [0, 0.05) is 5.54 Å². The van der Waals surface area contributed by atoms with Crippen LogP contribution in [-0.4, -0.2) is 18.7 Å². The van der Waals surface area contributed by atoms with Crippen LogP contribution >= 0.6 is 0 Å². The van der Waals surface area contributed by atoms with Gasteiger partial charge >= 0.3 is 0 Å². The molecule has 0 spiro atoms. The summed E-state index contributed by atoms with van der Waals surface area (Å²) in [5, 5.41) is 3.63. The normalized spacial score (nSPS) is 22.9. The van der Waals surface area contributed by atoms with Gasteiger partial charge in [-0.25, -0.2) is 0 Å². The lowest BCUT2D eigenvalue weighted by molar-refractivity contribution is 0.225. The zero-order valence-corrected chi connectivity index (χ0v) is 12.7. The van der Waals surface area contributed by atoms with E-state index in [0.717, 1.165) is 30.7 Å². The molecule has 1 fully saturated rings. The SMILES string of the molecule is CCOc1ccc(C2CCC2CNC(C)(C)C)cc1. The molecule has 0 aliphatic heterocycles. The van der Waals surface area contributed by atoms with Crippen molar-refractivity contribution in [3.63, 3.8) is 0 Å². The Kier molecular flexibility index (Phi) is 4.51. The number of hydrogen-bond acceptors (Lipinski definition) is 2. The Morgan fingerprint density at radius 2 is 1.84 bits per heavy atom. The number of rotatable bonds is 5. The lowest BCUT2D eigenvalue weighted by Crippen LogP contribution is -2.42. The van der Waals surface area contributed by atoms with E-state index in [1.54, 1.807) is 0 Å². The van der Waals surface area contributed by atoms with Crippen molar-refractivity contribution in [2.45, 2.75) is 52.0 Å². The highest BCUT2D eigenvalue weighted by atomic mass is 16.5. The van der Waals surface area contributed by atoms with Gasteiger partial charge in [-0.05, 0) is 76.6 Å². The molecule has 2 atom stereocenters. The lowest BCUT2D eigenvalue weighted by atomic mass is 9.70. The maximum Gasteiger partial charge on any atom is 0.119 e. The first-order valence-electron chi connectivity index (χ1n) is 7.47. The molecule has 1 aromatic rings. The van der Waals surface area contributed by atoms with Crippen LogP contribution in [0.5, 0.6) is 5.75 Å². The summed E-state index contributed by atoms with van der Waals surface area (Å²) in [5.74, 6) is 2.50. The van der Waals surface area contributed by atoms with Crippen molar-refractivity contribution in [3.8, 4) is 5.75 Å². The van der Waals surface area contributed by atoms with Crippen molar-refractivity contribution in [3.05, 3.63) is 29.8 Å². The van der Waals surface area contributed by atoms with Crippen LogP contribution in [0.3, 0.4) is 0 Å². The van der Waals surface area contributed by atoms with Gasteiger partial charge in [0.25, 0.3) is 0 Å². The molecule has 1 N–H and O–H groups in total. The number of hydrogen-bond donors (Lipinski definition) is 1. The van der Waals surface area contributed by atoms with Gasteiger partial charge in [-0.3, -0.25) is 0 Å². The average Bonchev–Trinajstić information content (AvgIpc) is 2.29. The average molecular weight is 261 g/mol. The predicted octanol–water partition coefficient (Wildman–Crippen LogP) is 3.97. The van der Waals surface area contributed by atoms with Gasteiger partial charge in [0.15, 0.2) is 0 Å². The van der Waals surface area contributed by atoms with Gasteiger partial charge in [-0.1, -0.05) is 12.1 Å². The molecular formula is C17H27NO. The molecule has 2 rings (SSSR count). The Bertz CT molecular complexity index is 391.